The van der Waals surface area contributed by atoms with E-state index in [0.29, 0.717) is 6.42 Å². The molecule has 0 aliphatic rings. The molecule has 1 N–H and O–H groups in total. The van der Waals surface area contributed by atoms with Gasteiger partial charge in [-0.15, -0.1) is 0 Å². The highest BCUT2D eigenvalue weighted by Crippen LogP contribution is 2.20. The van der Waals surface area contributed by atoms with Crippen molar-refractivity contribution in [2.24, 2.45) is 0 Å². The maximum atomic E-state index is 12.4. The Balaban J connectivity index is 2.01. The van der Waals surface area contributed by atoms with Crippen LogP contribution in [-0.2, 0) is 11.2 Å². The maximum absolute atomic E-state index is 12.4. The van der Waals surface area contributed by atoms with Crippen molar-refractivity contribution in [1.29, 1.82) is 0 Å². The van der Waals surface area contributed by atoms with Gasteiger partial charge in [-0.3, -0.25) is 4.79 Å². The van der Waals surface area contributed by atoms with E-state index in [1.807, 2.05) is 61.5 Å². The second-order valence-electron chi connectivity index (χ2n) is 5.40. The Morgan fingerprint density at radius 3 is 2.32 bits per heavy atom. The van der Waals surface area contributed by atoms with E-state index in [0.717, 1.165) is 15.6 Å². The lowest BCUT2D eigenvalue weighted by Gasteiger charge is -2.29. The van der Waals surface area contributed by atoms with Crippen LogP contribution in [0.3, 0.4) is 0 Å². The van der Waals surface area contributed by atoms with Crippen molar-refractivity contribution in [3.8, 4) is 0 Å². The first-order valence-electron chi connectivity index (χ1n) is 7.22. The van der Waals surface area contributed by atoms with E-state index in [1.165, 1.54) is 0 Å². The summed E-state index contributed by atoms with van der Waals surface area (Å²) in [6, 6.07) is 16.8. The normalized spacial score (nSPS) is 13.5. The van der Waals surface area contributed by atoms with E-state index < -0.39 is 6.10 Å². The monoisotopic (exact) mass is 361 g/mol. The summed E-state index contributed by atoms with van der Waals surface area (Å²) in [6.07, 6.45) is -0.365. The first kappa shape index (κ1) is 16.7. The van der Waals surface area contributed by atoms with Crippen molar-refractivity contribution in [2.45, 2.75) is 25.5 Å². The van der Waals surface area contributed by atoms with Gasteiger partial charge in [0, 0.05) is 11.5 Å². The highest BCUT2D eigenvalue weighted by molar-refractivity contribution is 9.10. The number of carbonyl (C=O) groups is 1. The SMILES string of the molecule is C[C@H]([C@@H](O)c1ccccc1)N(C)C(=O)Cc1ccc(Br)cc1. The summed E-state index contributed by atoms with van der Waals surface area (Å²) in [6.45, 7) is 1.86. The van der Waals surface area contributed by atoms with Crippen LogP contribution in [0.5, 0.6) is 0 Å². The molecular formula is C18H20BrNO2. The van der Waals surface area contributed by atoms with Gasteiger partial charge < -0.3 is 10.0 Å². The van der Waals surface area contributed by atoms with Gasteiger partial charge in [0.25, 0.3) is 0 Å². The molecule has 4 heteroatoms. The van der Waals surface area contributed by atoms with Gasteiger partial charge in [0.15, 0.2) is 0 Å². The number of hydrogen-bond donors (Lipinski definition) is 1. The lowest BCUT2D eigenvalue weighted by molar-refractivity contribution is -0.133. The molecule has 0 spiro atoms. The average molecular weight is 362 g/mol. The van der Waals surface area contributed by atoms with Gasteiger partial charge in [-0.1, -0.05) is 58.4 Å². The smallest absolute Gasteiger partial charge is 0.227 e. The number of nitrogens with zero attached hydrogens (tertiary/aromatic N) is 1. The number of aliphatic hydroxyl groups is 1. The van der Waals surface area contributed by atoms with Gasteiger partial charge in [-0.2, -0.15) is 0 Å². The molecule has 0 unspecified atom stereocenters. The molecular weight excluding hydrogens is 342 g/mol. The number of aliphatic hydroxyl groups excluding tert-OH is 1. The molecule has 2 aromatic rings. The Hall–Kier alpha value is -1.65. The summed E-state index contributed by atoms with van der Waals surface area (Å²) in [7, 11) is 1.73. The highest BCUT2D eigenvalue weighted by atomic mass is 79.9. The summed E-state index contributed by atoms with van der Waals surface area (Å²) in [5, 5.41) is 10.4. The molecule has 0 aliphatic heterocycles. The van der Waals surface area contributed by atoms with E-state index in [2.05, 4.69) is 15.9 Å². The van der Waals surface area contributed by atoms with E-state index in [-0.39, 0.29) is 11.9 Å². The van der Waals surface area contributed by atoms with Crippen LogP contribution in [0.4, 0.5) is 0 Å². The minimum absolute atomic E-state index is 0.00944. The van der Waals surface area contributed by atoms with Crippen molar-refractivity contribution in [3.63, 3.8) is 0 Å². The Bertz CT molecular complexity index is 613. The fourth-order valence-corrected chi connectivity index (χ4v) is 2.53. The third kappa shape index (κ3) is 4.18. The fraction of sp³-hybridized carbons (Fsp3) is 0.278. The van der Waals surface area contributed by atoms with Crippen LogP contribution in [-0.4, -0.2) is 29.0 Å². The molecule has 0 fully saturated rings. The molecule has 116 valence electrons. The Morgan fingerprint density at radius 2 is 1.73 bits per heavy atom. The number of halogens is 1. The third-order valence-electron chi connectivity index (χ3n) is 3.87. The van der Waals surface area contributed by atoms with Gasteiger partial charge in [0.2, 0.25) is 5.91 Å². The van der Waals surface area contributed by atoms with Crippen LogP contribution in [0.15, 0.2) is 59.1 Å². The molecule has 0 heterocycles. The molecule has 22 heavy (non-hydrogen) atoms. The Morgan fingerprint density at radius 1 is 1.14 bits per heavy atom. The molecule has 0 saturated heterocycles. The fourth-order valence-electron chi connectivity index (χ4n) is 2.27. The largest absolute Gasteiger partial charge is 0.386 e. The highest BCUT2D eigenvalue weighted by Gasteiger charge is 2.23. The maximum Gasteiger partial charge on any atom is 0.227 e. The number of likely N-dealkylation sites (N-methyl/N-ethyl adjacent to an activating group) is 1. The summed E-state index contributed by atoms with van der Waals surface area (Å²) >= 11 is 3.38. The molecule has 0 bridgehead atoms. The van der Waals surface area contributed by atoms with Gasteiger partial charge in [0.1, 0.15) is 0 Å². The van der Waals surface area contributed by atoms with Crippen LogP contribution in [0, 0.1) is 0 Å². The lowest BCUT2D eigenvalue weighted by atomic mass is 10.0. The first-order chi connectivity index (χ1) is 10.5. The molecule has 0 saturated carbocycles. The van der Waals surface area contributed by atoms with Crippen LogP contribution < -0.4 is 0 Å². The van der Waals surface area contributed by atoms with Crippen LogP contribution in [0.2, 0.25) is 0 Å². The van der Waals surface area contributed by atoms with Crippen LogP contribution >= 0.6 is 15.9 Å². The lowest BCUT2D eigenvalue weighted by Crippen LogP contribution is -2.39. The molecule has 0 radical (unpaired) electrons. The summed E-state index contributed by atoms with van der Waals surface area (Å²) in [5.74, 6) is -0.00944. The van der Waals surface area contributed by atoms with Crippen molar-refractivity contribution < 1.29 is 9.90 Å². The van der Waals surface area contributed by atoms with E-state index in [9.17, 15) is 9.90 Å². The van der Waals surface area contributed by atoms with Crippen molar-refractivity contribution in [3.05, 3.63) is 70.2 Å². The summed E-state index contributed by atoms with van der Waals surface area (Å²) < 4.78 is 0.991. The average Bonchev–Trinajstić information content (AvgIpc) is 2.55. The number of rotatable bonds is 5. The standard InChI is InChI=1S/C18H20BrNO2/c1-13(18(22)15-6-4-3-5-7-15)20(2)17(21)12-14-8-10-16(19)11-9-14/h3-11,13,18,22H,12H2,1-2H3/t13-,18-/m1/s1. The number of amides is 1. The quantitative estimate of drug-likeness (QED) is 0.884. The molecule has 0 aliphatic carbocycles. The molecule has 1 amide bonds. The minimum Gasteiger partial charge on any atom is -0.386 e. The third-order valence-corrected chi connectivity index (χ3v) is 4.40. The molecule has 3 nitrogen and oxygen atoms in total. The van der Waals surface area contributed by atoms with E-state index in [1.54, 1.807) is 11.9 Å². The molecule has 0 aromatic heterocycles. The van der Waals surface area contributed by atoms with Crippen molar-refractivity contribution >= 4 is 21.8 Å². The van der Waals surface area contributed by atoms with Gasteiger partial charge in [-0.25, -0.2) is 0 Å². The topological polar surface area (TPSA) is 40.5 Å². The summed E-state index contributed by atoms with van der Waals surface area (Å²) in [5.41, 5.74) is 1.78. The Labute approximate surface area is 139 Å². The minimum atomic E-state index is -0.694. The predicted molar refractivity (Wildman–Crippen MR) is 91.5 cm³/mol. The van der Waals surface area contributed by atoms with E-state index >= 15 is 0 Å². The summed E-state index contributed by atoms with van der Waals surface area (Å²) in [4.78, 5) is 14.0. The van der Waals surface area contributed by atoms with Crippen molar-refractivity contribution in [1.82, 2.24) is 4.90 Å². The molecule has 2 rings (SSSR count). The molecule has 2 aromatic carbocycles. The first-order valence-corrected chi connectivity index (χ1v) is 8.01. The zero-order chi connectivity index (χ0) is 16.1. The molecule has 2 atom stereocenters. The van der Waals surface area contributed by atoms with Crippen LogP contribution in [0.25, 0.3) is 0 Å². The van der Waals surface area contributed by atoms with Gasteiger partial charge >= 0.3 is 0 Å². The zero-order valence-electron chi connectivity index (χ0n) is 12.7. The van der Waals surface area contributed by atoms with Crippen LogP contribution in [0.1, 0.15) is 24.2 Å². The predicted octanol–water partition coefficient (Wildman–Crippen LogP) is 3.57. The second kappa shape index (κ2) is 7.56. The number of benzene rings is 2. The Kier molecular flexibility index (Phi) is 5.75. The number of carbonyl (C=O) groups excluding carboxylic acids is 1. The second-order valence-corrected chi connectivity index (χ2v) is 6.32. The van der Waals surface area contributed by atoms with Crippen molar-refractivity contribution in [2.75, 3.05) is 7.05 Å². The van der Waals surface area contributed by atoms with Gasteiger partial charge in [-0.05, 0) is 30.2 Å². The van der Waals surface area contributed by atoms with E-state index in [4.69, 9.17) is 0 Å². The number of hydrogen-bond acceptors (Lipinski definition) is 2. The van der Waals surface area contributed by atoms with Gasteiger partial charge in [0.05, 0.1) is 18.6 Å². The zero-order valence-corrected chi connectivity index (χ0v) is 14.3.